The largest absolute Gasteiger partial charge is 0.489 e. The third-order valence-electron chi connectivity index (χ3n) is 7.38. The summed E-state index contributed by atoms with van der Waals surface area (Å²) < 4.78 is 13.4. The number of halogens is 1. The number of carbonyl (C=O) groups excluding carboxylic acids is 1. The van der Waals surface area contributed by atoms with E-state index in [1.807, 2.05) is 18.2 Å². The second-order valence-electron chi connectivity index (χ2n) is 9.26. The first-order chi connectivity index (χ1) is 15.0. The Bertz CT molecular complexity index is 998. The molecule has 0 amide bonds. The van der Waals surface area contributed by atoms with Crippen molar-refractivity contribution in [2.75, 3.05) is 19.6 Å². The van der Waals surface area contributed by atoms with Crippen LogP contribution in [0.25, 0.3) is 0 Å². The third kappa shape index (κ3) is 3.91. The molecule has 3 atom stereocenters. The van der Waals surface area contributed by atoms with Crippen molar-refractivity contribution in [1.82, 2.24) is 4.90 Å². The molecule has 1 unspecified atom stereocenters. The lowest BCUT2D eigenvalue weighted by atomic mass is 9.74. The van der Waals surface area contributed by atoms with Crippen LogP contribution in [-0.2, 0) is 22.6 Å². The zero-order chi connectivity index (χ0) is 21.5. The third-order valence-corrected chi connectivity index (χ3v) is 8.15. The summed E-state index contributed by atoms with van der Waals surface area (Å²) >= 11 is 3.61. The number of benzene rings is 2. The maximum Gasteiger partial charge on any atom is 0.311 e. The summed E-state index contributed by atoms with van der Waals surface area (Å²) in [5.41, 5.74) is 6.03. The molecule has 164 valence electrons. The van der Waals surface area contributed by atoms with Crippen molar-refractivity contribution in [3.63, 3.8) is 0 Å². The lowest BCUT2D eigenvalue weighted by Crippen LogP contribution is -2.33. The Morgan fingerprint density at radius 1 is 1.19 bits per heavy atom. The Hall–Kier alpha value is -1.85. The van der Waals surface area contributed by atoms with Crippen molar-refractivity contribution in [2.24, 2.45) is 11.8 Å². The smallest absolute Gasteiger partial charge is 0.311 e. The molecule has 2 saturated heterocycles. The van der Waals surface area contributed by atoms with Crippen LogP contribution in [0.2, 0.25) is 0 Å². The van der Waals surface area contributed by atoms with E-state index in [0.717, 1.165) is 53.8 Å². The molecule has 0 spiro atoms. The van der Waals surface area contributed by atoms with Gasteiger partial charge in [-0.15, -0.1) is 0 Å². The molecule has 0 radical (unpaired) electrons. The number of esters is 1. The molecule has 31 heavy (non-hydrogen) atoms. The van der Waals surface area contributed by atoms with Gasteiger partial charge in [0.1, 0.15) is 18.5 Å². The van der Waals surface area contributed by atoms with Crippen molar-refractivity contribution in [3.05, 3.63) is 62.6 Å². The number of nitrogens with zero attached hydrogens (tertiary/aromatic N) is 1. The number of carbonyl (C=O) groups is 1. The summed E-state index contributed by atoms with van der Waals surface area (Å²) in [7, 11) is 0. The van der Waals surface area contributed by atoms with Gasteiger partial charge in [-0.25, -0.2) is 0 Å². The van der Waals surface area contributed by atoms with Crippen LogP contribution < -0.4 is 4.74 Å². The molecule has 5 heteroatoms. The van der Waals surface area contributed by atoms with Crippen molar-refractivity contribution in [2.45, 2.75) is 52.2 Å². The number of aryl methyl sites for hydroxylation is 1. The fourth-order valence-corrected chi connectivity index (χ4v) is 6.08. The molecule has 2 aromatic carbocycles. The van der Waals surface area contributed by atoms with E-state index in [9.17, 15) is 4.79 Å². The van der Waals surface area contributed by atoms with Crippen LogP contribution in [0.1, 0.15) is 53.2 Å². The summed E-state index contributed by atoms with van der Waals surface area (Å²) in [6.45, 7) is 7.86. The van der Waals surface area contributed by atoms with Crippen LogP contribution >= 0.6 is 15.9 Å². The van der Waals surface area contributed by atoms with Gasteiger partial charge in [0.15, 0.2) is 0 Å². The second-order valence-corrected chi connectivity index (χ2v) is 10.1. The first-order valence-corrected chi connectivity index (χ1v) is 12.2. The van der Waals surface area contributed by atoms with Gasteiger partial charge in [-0.1, -0.05) is 34.1 Å². The molecule has 0 N–H and O–H groups in total. The van der Waals surface area contributed by atoms with Gasteiger partial charge in [-0.2, -0.15) is 0 Å². The lowest BCUT2D eigenvalue weighted by Gasteiger charge is -2.32. The molecule has 2 fully saturated rings. The zero-order valence-electron chi connectivity index (χ0n) is 18.3. The Balaban J connectivity index is 1.42. The van der Waals surface area contributed by atoms with Gasteiger partial charge in [-0.05, 0) is 81.4 Å². The van der Waals surface area contributed by atoms with Gasteiger partial charge in [0.25, 0.3) is 0 Å². The fraction of sp³-hybridized carbons (Fsp3) is 0.500. The highest BCUT2D eigenvalue weighted by molar-refractivity contribution is 9.10. The fourth-order valence-electron chi connectivity index (χ4n) is 5.68. The van der Waals surface area contributed by atoms with Crippen LogP contribution in [0.3, 0.4) is 0 Å². The molecular formula is C26H30BrNO3. The van der Waals surface area contributed by atoms with Crippen molar-refractivity contribution < 1.29 is 14.3 Å². The van der Waals surface area contributed by atoms with Crippen LogP contribution in [0.5, 0.6) is 5.75 Å². The van der Waals surface area contributed by atoms with E-state index in [2.05, 4.69) is 46.8 Å². The van der Waals surface area contributed by atoms with Gasteiger partial charge in [-0.3, -0.25) is 4.79 Å². The van der Waals surface area contributed by atoms with E-state index in [0.29, 0.717) is 6.61 Å². The van der Waals surface area contributed by atoms with Gasteiger partial charge in [0, 0.05) is 28.1 Å². The van der Waals surface area contributed by atoms with Crippen LogP contribution in [-0.4, -0.2) is 30.5 Å². The summed E-state index contributed by atoms with van der Waals surface area (Å²) in [5, 5.41) is 0. The maximum atomic E-state index is 12.9. The Kier molecular flexibility index (Phi) is 5.82. The van der Waals surface area contributed by atoms with E-state index in [4.69, 9.17) is 9.47 Å². The first-order valence-electron chi connectivity index (χ1n) is 11.4. The topological polar surface area (TPSA) is 38.8 Å². The van der Waals surface area contributed by atoms with E-state index in [1.54, 1.807) is 0 Å². The number of fused-ring (bicyclic) bond motifs is 3. The second kappa shape index (κ2) is 8.59. The lowest BCUT2D eigenvalue weighted by molar-refractivity contribution is -0.145. The minimum absolute atomic E-state index is 0.000745. The maximum absolute atomic E-state index is 12.9. The predicted octanol–water partition coefficient (Wildman–Crippen LogP) is 5.52. The number of hydrogen-bond donors (Lipinski definition) is 0. The van der Waals surface area contributed by atoms with Crippen LogP contribution in [0.4, 0.5) is 0 Å². The minimum Gasteiger partial charge on any atom is -0.489 e. The van der Waals surface area contributed by atoms with E-state index in [-0.39, 0.29) is 23.9 Å². The Morgan fingerprint density at radius 2 is 1.97 bits per heavy atom. The molecule has 0 saturated carbocycles. The van der Waals surface area contributed by atoms with E-state index >= 15 is 0 Å². The standard InChI is InChI=1S/C26H30BrNO3/c1-16-13-23(30-15-18-7-3-4-8-22(18)27)17(2)24-19(16)9-10-20-21(26(29)31-25(20)24)14-28-11-5-6-12-28/h3-4,7-8,13,20-21,25H,5-6,9-12,14-15H2,1-2H3/t20-,21?,25+/m0/s1. The highest BCUT2D eigenvalue weighted by Crippen LogP contribution is 2.50. The number of ether oxygens (including phenoxy) is 2. The average Bonchev–Trinajstić information content (AvgIpc) is 3.38. The van der Waals surface area contributed by atoms with Crippen molar-refractivity contribution in [1.29, 1.82) is 0 Å². The summed E-state index contributed by atoms with van der Waals surface area (Å²) in [6.07, 6.45) is 4.40. The quantitative estimate of drug-likeness (QED) is 0.525. The number of rotatable bonds is 5. The Labute approximate surface area is 193 Å². The molecule has 1 aliphatic carbocycles. The summed E-state index contributed by atoms with van der Waals surface area (Å²) in [6, 6.07) is 10.3. The van der Waals surface area contributed by atoms with Crippen molar-refractivity contribution in [3.8, 4) is 5.75 Å². The number of likely N-dealkylation sites (tertiary alicyclic amines) is 1. The molecular weight excluding hydrogens is 454 g/mol. The summed E-state index contributed by atoms with van der Waals surface area (Å²) in [5.74, 6) is 1.16. The average molecular weight is 484 g/mol. The highest BCUT2D eigenvalue weighted by atomic mass is 79.9. The Morgan fingerprint density at radius 3 is 2.74 bits per heavy atom. The van der Waals surface area contributed by atoms with Crippen LogP contribution in [0, 0.1) is 25.7 Å². The molecule has 0 aromatic heterocycles. The van der Waals surface area contributed by atoms with Gasteiger partial charge in [0.05, 0.1) is 5.92 Å². The molecule has 5 rings (SSSR count). The zero-order valence-corrected chi connectivity index (χ0v) is 19.9. The van der Waals surface area contributed by atoms with E-state index in [1.165, 1.54) is 29.5 Å². The molecule has 2 heterocycles. The predicted molar refractivity (Wildman–Crippen MR) is 124 cm³/mol. The summed E-state index contributed by atoms with van der Waals surface area (Å²) in [4.78, 5) is 15.3. The molecule has 0 bridgehead atoms. The van der Waals surface area contributed by atoms with Crippen LogP contribution in [0.15, 0.2) is 34.8 Å². The molecule has 2 aliphatic heterocycles. The SMILES string of the molecule is Cc1cc(OCc2ccccc2Br)c(C)c2c1CC[C@H]1C(CN3CCCC3)C(=O)O[C@@H]21. The van der Waals surface area contributed by atoms with Gasteiger partial charge >= 0.3 is 5.97 Å². The minimum atomic E-state index is -0.130. The monoisotopic (exact) mass is 483 g/mol. The van der Waals surface area contributed by atoms with Gasteiger partial charge in [0.2, 0.25) is 0 Å². The van der Waals surface area contributed by atoms with Crippen molar-refractivity contribution >= 4 is 21.9 Å². The van der Waals surface area contributed by atoms with Gasteiger partial charge < -0.3 is 14.4 Å². The van der Waals surface area contributed by atoms with E-state index < -0.39 is 0 Å². The molecule has 2 aromatic rings. The molecule has 3 aliphatic rings. The number of hydrogen-bond acceptors (Lipinski definition) is 4. The molecule has 4 nitrogen and oxygen atoms in total. The highest BCUT2D eigenvalue weighted by Gasteiger charge is 2.49. The first kappa shape index (κ1) is 21.0. The normalized spacial score (nSPS) is 25.3.